The first-order chi connectivity index (χ1) is 13.0. The molecule has 2 rings (SSSR count). The van der Waals surface area contributed by atoms with Crippen LogP contribution in [0.15, 0.2) is 46.9 Å². The minimum absolute atomic E-state index is 0.117. The maximum Gasteiger partial charge on any atom is 0.407 e. The maximum absolute atomic E-state index is 11.8. The van der Waals surface area contributed by atoms with Crippen LogP contribution >= 0.6 is 15.9 Å². The number of halogens is 1. The van der Waals surface area contributed by atoms with E-state index in [1.807, 2.05) is 30.3 Å². The molecule has 0 spiro atoms. The fourth-order valence-electron chi connectivity index (χ4n) is 2.36. The molecule has 8 heteroatoms. The highest BCUT2D eigenvalue weighted by molar-refractivity contribution is 9.10. The number of carbonyl (C=O) groups is 1. The van der Waals surface area contributed by atoms with Gasteiger partial charge in [0.05, 0.1) is 14.2 Å². The van der Waals surface area contributed by atoms with E-state index in [0.29, 0.717) is 21.5 Å². The number of benzene rings is 2. The number of rotatable bonds is 8. The Morgan fingerprint density at radius 1 is 1.11 bits per heavy atom. The molecular weight excluding hydrogens is 418 g/mol. The minimum atomic E-state index is -1.25. The Morgan fingerprint density at radius 2 is 1.70 bits per heavy atom. The van der Waals surface area contributed by atoms with E-state index in [0.717, 1.165) is 5.56 Å². The van der Waals surface area contributed by atoms with Crippen molar-refractivity contribution < 1.29 is 29.2 Å². The largest absolute Gasteiger partial charge is 0.495 e. The number of hydrogen-bond donors (Lipinski definition) is 3. The Hall–Kier alpha value is -2.29. The number of methoxy groups -OCH3 is 2. The third kappa shape index (κ3) is 5.85. The first-order valence-corrected chi connectivity index (χ1v) is 8.97. The Balaban J connectivity index is 1.91. The standard InChI is InChI=1S/C19H22BrNO6/c1-25-15-8-13(9-16(26-2)17(15)20)18(23)14(22)10-21-19(24)27-11-12-6-4-3-5-7-12/h3-9,14,18,22-23H,10-11H2,1-2H3,(H,21,24). The Bertz CT molecular complexity index is 730. The summed E-state index contributed by atoms with van der Waals surface area (Å²) in [6.45, 7) is -0.0675. The van der Waals surface area contributed by atoms with E-state index in [9.17, 15) is 15.0 Å². The highest BCUT2D eigenvalue weighted by atomic mass is 79.9. The van der Waals surface area contributed by atoms with Crippen molar-refractivity contribution >= 4 is 22.0 Å². The van der Waals surface area contributed by atoms with Gasteiger partial charge in [-0.25, -0.2) is 4.79 Å². The summed E-state index contributed by atoms with van der Waals surface area (Å²) in [6.07, 6.45) is -3.18. The lowest BCUT2D eigenvalue weighted by Gasteiger charge is -2.20. The molecule has 7 nitrogen and oxygen atoms in total. The lowest BCUT2D eigenvalue weighted by Crippen LogP contribution is -2.35. The van der Waals surface area contributed by atoms with E-state index < -0.39 is 18.3 Å². The second-order valence-electron chi connectivity index (χ2n) is 5.69. The van der Waals surface area contributed by atoms with Crippen LogP contribution in [0.3, 0.4) is 0 Å². The number of aliphatic hydroxyl groups is 2. The van der Waals surface area contributed by atoms with E-state index in [1.165, 1.54) is 14.2 Å². The molecule has 146 valence electrons. The van der Waals surface area contributed by atoms with Crippen LogP contribution in [0, 0.1) is 0 Å². The second kappa shape index (κ2) is 10.1. The third-order valence-corrected chi connectivity index (χ3v) is 4.62. The molecule has 0 saturated carbocycles. The highest BCUT2D eigenvalue weighted by Gasteiger charge is 2.22. The number of hydrogen-bond acceptors (Lipinski definition) is 6. The third-order valence-electron chi connectivity index (χ3n) is 3.84. The lowest BCUT2D eigenvalue weighted by atomic mass is 10.0. The van der Waals surface area contributed by atoms with E-state index in [-0.39, 0.29) is 13.2 Å². The van der Waals surface area contributed by atoms with Crippen molar-refractivity contribution in [2.75, 3.05) is 20.8 Å². The van der Waals surface area contributed by atoms with Crippen LogP contribution in [0.5, 0.6) is 11.5 Å². The van der Waals surface area contributed by atoms with Gasteiger partial charge in [-0.2, -0.15) is 0 Å². The summed E-state index contributed by atoms with van der Waals surface area (Å²) in [5.74, 6) is 0.900. The van der Waals surface area contributed by atoms with E-state index in [1.54, 1.807) is 12.1 Å². The zero-order chi connectivity index (χ0) is 19.8. The normalized spacial score (nSPS) is 12.8. The van der Waals surface area contributed by atoms with Gasteiger partial charge in [0, 0.05) is 6.54 Å². The Labute approximate surface area is 166 Å². The molecule has 3 N–H and O–H groups in total. The molecule has 0 saturated heterocycles. The molecule has 0 heterocycles. The Kier molecular flexibility index (Phi) is 7.90. The van der Waals surface area contributed by atoms with Crippen molar-refractivity contribution in [1.29, 1.82) is 0 Å². The average Bonchev–Trinajstić information content (AvgIpc) is 2.70. The molecule has 0 aliphatic heterocycles. The van der Waals surface area contributed by atoms with Gasteiger partial charge in [0.15, 0.2) is 0 Å². The van der Waals surface area contributed by atoms with Crippen LogP contribution in [-0.4, -0.2) is 43.2 Å². The SMILES string of the molecule is COc1cc(C(O)C(O)CNC(=O)OCc2ccccc2)cc(OC)c1Br. The van der Waals surface area contributed by atoms with Crippen molar-refractivity contribution in [3.8, 4) is 11.5 Å². The number of carbonyl (C=O) groups excluding carboxylic acids is 1. The van der Waals surface area contributed by atoms with Gasteiger partial charge in [-0.05, 0) is 39.2 Å². The molecule has 2 unspecified atom stereocenters. The lowest BCUT2D eigenvalue weighted by molar-refractivity contribution is 0.0182. The number of alkyl carbamates (subject to hydrolysis) is 1. The fourth-order valence-corrected chi connectivity index (χ4v) is 2.91. The first-order valence-electron chi connectivity index (χ1n) is 8.18. The molecule has 2 aromatic rings. The quantitative estimate of drug-likeness (QED) is 0.584. The average molecular weight is 440 g/mol. The van der Waals surface area contributed by atoms with Crippen LogP contribution in [0.4, 0.5) is 4.79 Å². The number of amides is 1. The first kappa shape index (κ1) is 21.0. The van der Waals surface area contributed by atoms with Gasteiger partial charge in [-0.1, -0.05) is 30.3 Å². The van der Waals surface area contributed by atoms with Crippen molar-refractivity contribution in [1.82, 2.24) is 5.32 Å². The van der Waals surface area contributed by atoms with Crippen LogP contribution < -0.4 is 14.8 Å². The van der Waals surface area contributed by atoms with Crippen molar-refractivity contribution in [2.24, 2.45) is 0 Å². The van der Waals surface area contributed by atoms with Crippen molar-refractivity contribution in [3.63, 3.8) is 0 Å². The number of aliphatic hydroxyl groups excluding tert-OH is 2. The molecule has 27 heavy (non-hydrogen) atoms. The van der Waals surface area contributed by atoms with Gasteiger partial charge in [0.1, 0.15) is 34.8 Å². The summed E-state index contributed by atoms with van der Waals surface area (Å²) < 4.78 is 16.1. The van der Waals surface area contributed by atoms with Gasteiger partial charge < -0.3 is 29.7 Å². The van der Waals surface area contributed by atoms with Crippen LogP contribution in [0.1, 0.15) is 17.2 Å². The monoisotopic (exact) mass is 439 g/mol. The molecule has 0 aliphatic carbocycles. The zero-order valence-electron chi connectivity index (χ0n) is 15.0. The summed E-state index contributed by atoms with van der Waals surface area (Å²) in [5, 5.41) is 23.0. The van der Waals surface area contributed by atoms with Gasteiger partial charge in [-0.3, -0.25) is 0 Å². The molecule has 0 fully saturated rings. The Morgan fingerprint density at radius 3 is 2.26 bits per heavy atom. The van der Waals surface area contributed by atoms with Gasteiger partial charge >= 0.3 is 6.09 Å². The molecule has 0 aliphatic rings. The predicted molar refractivity (Wildman–Crippen MR) is 103 cm³/mol. The van der Waals surface area contributed by atoms with Crippen LogP contribution in [-0.2, 0) is 11.3 Å². The van der Waals surface area contributed by atoms with E-state index in [2.05, 4.69) is 21.2 Å². The minimum Gasteiger partial charge on any atom is -0.495 e. The molecule has 0 bridgehead atoms. The molecule has 1 amide bonds. The molecule has 2 atom stereocenters. The smallest absolute Gasteiger partial charge is 0.407 e. The zero-order valence-corrected chi connectivity index (χ0v) is 16.6. The topological polar surface area (TPSA) is 97.2 Å². The van der Waals surface area contributed by atoms with Crippen molar-refractivity contribution in [2.45, 2.75) is 18.8 Å². The van der Waals surface area contributed by atoms with Gasteiger partial charge in [-0.15, -0.1) is 0 Å². The summed E-state index contributed by atoms with van der Waals surface area (Å²) in [4.78, 5) is 11.8. The van der Waals surface area contributed by atoms with Gasteiger partial charge in [0.25, 0.3) is 0 Å². The molecule has 0 radical (unpaired) electrons. The molecule has 2 aromatic carbocycles. The number of ether oxygens (including phenoxy) is 3. The summed E-state index contributed by atoms with van der Waals surface area (Å²) in [6, 6.07) is 12.4. The maximum atomic E-state index is 11.8. The summed E-state index contributed by atoms with van der Waals surface area (Å²) in [5.41, 5.74) is 1.24. The fraction of sp³-hybridized carbons (Fsp3) is 0.316. The number of nitrogens with one attached hydrogen (secondary N) is 1. The van der Waals surface area contributed by atoms with E-state index >= 15 is 0 Å². The summed E-state index contributed by atoms with van der Waals surface area (Å²) in [7, 11) is 2.97. The van der Waals surface area contributed by atoms with Crippen LogP contribution in [0.2, 0.25) is 0 Å². The van der Waals surface area contributed by atoms with Crippen molar-refractivity contribution in [3.05, 3.63) is 58.1 Å². The highest BCUT2D eigenvalue weighted by Crippen LogP contribution is 2.37. The second-order valence-corrected chi connectivity index (χ2v) is 6.49. The molecule has 0 aromatic heterocycles. The van der Waals surface area contributed by atoms with Crippen LogP contribution in [0.25, 0.3) is 0 Å². The van der Waals surface area contributed by atoms with E-state index in [4.69, 9.17) is 14.2 Å². The van der Waals surface area contributed by atoms with Gasteiger partial charge in [0.2, 0.25) is 0 Å². The predicted octanol–water partition coefficient (Wildman–Crippen LogP) is 2.79. The molecular formula is C19H22BrNO6. The summed E-state index contributed by atoms with van der Waals surface area (Å²) >= 11 is 3.34.